The Morgan fingerprint density at radius 1 is 0.944 bits per heavy atom. The van der Waals surface area contributed by atoms with Crippen LogP contribution in [0.25, 0.3) is 0 Å². The molecule has 4 atom stereocenters. The molecule has 1 saturated heterocycles. The van der Waals surface area contributed by atoms with Gasteiger partial charge in [-0.05, 0) is 73.9 Å². The number of nitrogens with one attached hydrogen (secondary N) is 1. The summed E-state index contributed by atoms with van der Waals surface area (Å²) in [6, 6.07) is 12.8. The standard InChI is InChI=1S/C38H35Cl2FN4O9/c1-5-54-24-9-6-8-22(15-24)19-43-31(18-32(46)27-14-21(3)26(38(48)53-4)17-30(27)44(49)50)35(45(51)52)33(25-10-7-11-28(40)34(25)41)36(43)37(47)42-29-16-23(39)13-12-20(29)2/h6-17,31,33,35-36H,5,18-19H2,1-4H3,(H,42,47)/t31-,33-,35+,36+/m0/s1. The Kier molecular flexibility index (Phi) is 12.3. The number of hydrogen-bond acceptors (Lipinski definition) is 10. The van der Waals surface area contributed by atoms with Crippen molar-refractivity contribution in [1.82, 2.24) is 4.90 Å². The first-order valence-electron chi connectivity index (χ1n) is 16.7. The third kappa shape index (κ3) is 8.20. The maximum absolute atomic E-state index is 16.0. The van der Waals surface area contributed by atoms with Crippen LogP contribution in [-0.2, 0) is 16.1 Å². The zero-order valence-electron chi connectivity index (χ0n) is 29.5. The van der Waals surface area contributed by atoms with E-state index in [1.807, 2.05) is 0 Å². The molecule has 1 aliphatic heterocycles. The highest BCUT2D eigenvalue weighted by Crippen LogP contribution is 2.45. The summed E-state index contributed by atoms with van der Waals surface area (Å²) in [6.45, 7) is 5.12. The molecule has 1 heterocycles. The molecule has 54 heavy (non-hydrogen) atoms. The molecule has 0 aromatic heterocycles. The van der Waals surface area contributed by atoms with Crippen LogP contribution in [0.1, 0.15) is 62.2 Å². The van der Waals surface area contributed by atoms with Crippen LogP contribution in [0.15, 0.2) is 72.8 Å². The summed E-state index contributed by atoms with van der Waals surface area (Å²) in [4.78, 5) is 66.6. The van der Waals surface area contributed by atoms with E-state index in [1.165, 1.54) is 36.1 Å². The van der Waals surface area contributed by atoms with Crippen molar-refractivity contribution in [3.63, 3.8) is 0 Å². The van der Waals surface area contributed by atoms with Gasteiger partial charge >= 0.3 is 5.97 Å². The second-order valence-electron chi connectivity index (χ2n) is 12.7. The minimum Gasteiger partial charge on any atom is -0.494 e. The summed E-state index contributed by atoms with van der Waals surface area (Å²) in [7, 11) is 1.10. The molecule has 0 aliphatic carbocycles. The molecule has 0 spiro atoms. The van der Waals surface area contributed by atoms with E-state index in [2.05, 4.69) is 5.32 Å². The first-order chi connectivity index (χ1) is 25.7. The summed E-state index contributed by atoms with van der Waals surface area (Å²) in [5, 5.41) is 28.2. The third-order valence-corrected chi connectivity index (χ3v) is 9.94. The van der Waals surface area contributed by atoms with Gasteiger partial charge in [0.25, 0.3) is 5.69 Å². The third-order valence-electron chi connectivity index (χ3n) is 9.41. The molecule has 0 saturated carbocycles. The molecule has 5 rings (SSSR count). The molecule has 0 radical (unpaired) electrons. The highest BCUT2D eigenvalue weighted by atomic mass is 35.5. The number of likely N-dealkylation sites (tertiary alicyclic amines) is 1. The minimum atomic E-state index is -1.82. The van der Waals surface area contributed by atoms with Crippen LogP contribution in [0, 0.1) is 39.9 Å². The van der Waals surface area contributed by atoms with Crippen molar-refractivity contribution >= 4 is 52.2 Å². The number of amides is 1. The number of nitro groups is 2. The Morgan fingerprint density at radius 3 is 2.33 bits per heavy atom. The van der Waals surface area contributed by atoms with Gasteiger partial charge in [0.1, 0.15) is 17.6 Å². The molecule has 1 fully saturated rings. The molecule has 0 bridgehead atoms. The van der Waals surface area contributed by atoms with Gasteiger partial charge in [-0.25, -0.2) is 9.18 Å². The van der Waals surface area contributed by atoms with Gasteiger partial charge in [0.15, 0.2) is 5.78 Å². The number of aryl methyl sites for hydroxylation is 2. The molecule has 282 valence electrons. The van der Waals surface area contributed by atoms with Gasteiger partial charge in [0.05, 0.1) is 46.7 Å². The number of rotatable bonds is 13. The van der Waals surface area contributed by atoms with Gasteiger partial charge in [0, 0.05) is 40.2 Å². The van der Waals surface area contributed by atoms with Crippen LogP contribution in [0.5, 0.6) is 5.75 Å². The lowest BCUT2D eigenvalue weighted by Gasteiger charge is -2.30. The van der Waals surface area contributed by atoms with Crippen LogP contribution in [0.2, 0.25) is 10.0 Å². The van der Waals surface area contributed by atoms with Gasteiger partial charge < -0.3 is 14.8 Å². The number of ether oxygens (including phenoxy) is 2. The average molecular weight is 782 g/mol. The van der Waals surface area contributed by atoms with Gasteiger partial charge in [0.2, 0.25) is 11.9 Å². The number of Topliss-reactive ketones (excluding diaryl/α,β-unsaturated/α-hetero) is 1. The van der Waals surface area contributed by atoms with E-state index in [0.29, 0.717) is 34.2 Å². The lowest BCUT2D eigenvalue weighted by molar-refractivity contribution is -0.527. The Morgan fingerprint density at radius 2 is 1.67 bits per heavy atom. The Bertz CT molecular complexity index is 2150. The van der Waals surface area contributed by atoms with Gasteiger partial charge in [-0.3, -0.25) is 34.7 Å². The molecular formula is C38H35Cl2FN4O9. The monoisotopic (exact) mass is 780 g/mol. The number of ketones is 1. The van der Waals surface area contributed by atoms with E-state index in [1.54, 1.807) is 50.2 Å². The van der Waals surface area contributed by atoms with E-state index < -0.39 is 75.0 Å². The van der Waals surface area contributed by atoms with Gasteiger partial charge in [-0.15, -0.1) is 0 Å². The molecule has 4 aromatic rings. The number of carbonyl (C=O) groups is 3. The van der Waals surface area contributed by atoms with Crippen molar-refractivity contribution in [1.29, 1.82) is 0 Å². The van der Waals surface area contributed by atoms with Crippen molar-refractivity contribution in [2.45, 2.75) is 57.8 Å². The number of hydrogen-bond donors (Lipinski definition) is 1. The summed E-state index contributed by atoms with van der Waals surface area (Å²) in [5.74, 6) is -4.56. The maximum atomic E-state index is 16.0. The van der Waals surface area contributed by atoms with Crippen LogP contribution in [0.4, 0.5) is 15.8 Å². The predicted octanol–water partition coefficient (Wildman–Crippen LogP) is 7.74. The van der Waals surface area contributed by atoms with Gasteiger partial charge in [-0.2, -0.15) is 0 Å². The molecule has 16 heteroatoms. The second-order valence-corrected chi connectivity index (χ2v) is 13.6. The minimum absolute atomic E-state index is 0.148. The van der Waals surface area contributed by atoms with E-state index in [0.717, 1.165) is 19.2 Å². The Balaban J connectivity index is 1.72. The normalized spacial score (nSPS) is 18.2. The number of esters is 1. The van der Waals surface area contributed by atoms with E-state index in [4.69, 9.17) is 32.7 Å². The zero-order chi connectivity index (χ0) is 39.4. The highest BCUT2D eigenvalue weighted by Gasteiger charge is 2.60. The van der Waals surface area contributed by atoms with Crippen molar-refractivity contribution in [3.8, 4) is 5.75 Å². The SMILES string of the molecule is CCOc1cccc(CN2[C@@H](CC(=O)c3cc(C)c(C(=O)OC)cc3[N+](=O)[O-])[C@@H]([N+](=O)[O-])[C@H](c3cccc(Cl)c3F)[C@@H]2C(=O)Nc2cc(Cl)ccc2C)c1. The van der Waals surface area contributed by atoms with Crippen molar-refractivity contribution in [2.24, 2.45) is 0 Å². The summed E-state index contributed by atoms with van der Waals surface area (Å²) in [6.07, 6.45) is -0.715. The molecule has 1 amide bonds. The quantitative estimate of drug-likeness (QED) is 0.0613. The van der Waals surface area contributed by atoms with Crippen LogP contribution < -0.4 is 10.1 Å². The first-order valence-corrected chi connectivity index (χ1v) is 17.4. The topological polar surface area (TPSA) is 171 Å². The number of halogens is 3. The molecule has 4 aromatic carbocycles. The predicted molar refractivity (Wildman–Crippen MR) is 199 cm³/mol. The lowest BCUT2D eigenvalue weighted by atomic mass is 9.84. The van der Waals surface area contributed by atoms with E-state index in [9.17, 15) is 34.6 Å². The number of nitro benzene ring substituents is 1. The van der Waals surface area contributed by atoms with E-state index >= 15 is 4.39 Å². The fourth-order valence-corrected chi connectivity index (χ4v) is 7.31. The van der Waals surface area contributed by atoms with Crippen LogP contribution in [0.3, 0.4) is 0 Å². The summed E-state index contributed by atoms with van der Waals surface area (Å²) < 4.78 is 26.4. The number of carbonyl (C=O) groups excluding carboxylic acids is 3. The Hall–Kier alpha value is -5.44. The highest BCUT2D eigenvalue weighted by molar-refractivity contribution is 6.31. The Labute approximate surface area is 319 Å². The summed E-state index contributed by atoms with van der Waals surface area (Å²) in [5.41, 5.74) is 0.108. The fourth-order valence-electron chi connectivity index (χ4n) is 6.95. The number of nitrogens with zero attached hydrogens (tertiary/aromatic N) is 3. The second kappa shape index (κ2) is 16.7. The van der Waals surface area contributed by atoms with Gasteiger partial charge in [-0.1, -0.05) is 53.5 Å². The average Bonchev–Trinajstić information content (AvgIpc) is 3.43. The lowest BCUT2D eigenvalue weighted by Crippen LogP contribution is -2.46. The van der Waals surface area contributed by atoms with E-state index in [-0.39, 0.29) is 28.3 Å². The maximum Gasteiger partial charge on any atom is 0.338 e. The van der Waals surface area contributed by atoms with Crippen LogP contribution >= 0.6 is 23.2 Å². The number of methoxy groups -OCH3 is 1. The zero-order valence-corrected chi connectivity index (χ0v) is 31.0. The first kappa shape index (κ1) is 39.8. The number of anilines is 1. The summed E-state index contributed by atoms with van der Waals surface area (Å²) >= 11 is 12.4. The molecule has 1 N–H and O–H groups in total. The largest absolute Gasteiger partial charge is 0.494 e. The number of benzene rings is 4. The molecule has 13 nitrogen and oxygen atoms in total. The molecule has 1 aliphatic rings. The molecule has 0 unspecified atom stereocenters. The van der Waals surface area contributed by atoms with Crippen molar-refractivity contribution < 1.29 is 38.1 Å². The fraction of sp³-hybridized carbons (Fsp3) is 0.289. The molecular weight excluding hydrogens is 746 g/mol. The smallest absolute Gasteiger partial charge is 0.338 e. The van der Waals surface area contributed by atoms with Crippen LogP contribution in [-0.4, -0.2) is 64.2 Å². The van der Waals surface area contributed by atoms with Crippen molar-refractivity contribution in [3.05, 3.63) is 142 Å². The van der Waals surface area contributed by atoms with Crippen molar-refractivity contribution in [2.75, 3.05) is 19.0 Å².